The number of hydrogen-bond donors (Lipinski definition) is 10. The zero-order valence-corrected chi connectivity index (χ0v) is 45.9. The van der Waals surface area contributed by atoms with E-state index in [0.717, 1.165) is 51.4 Å². The first-order chi connectivity index (χ1) is 37.0. The van der Waals surface area contributed by atoms with Crippen molar-refractivity contribution in [3.8, 4) is 0 Å². The summed E-state index contributed by atoms with van der Waals surface area (Å²) in [5, 5.41) is 43.3. The van der Waals surface area contributed by atoms with E-state index in [4.69, 9.17) is 29.8 Å². The van der Waals surface area contributed by atoms with Gasteiger partial charge in [0.15, 0.2) is 0 Å². The lowest BCUT2D eigenvalue weighted by molar-refractivity contribution is -0.143. The van der Waals surface area contributed by atoms with Crippen molar-refractivity contribution in [1.29, 1.82) is 0 Å². The maximum Gasteiger partial charge on any atom is 0.326 e. The molecule has 0 heterocycles. The Bertz CT molecular complexity index is 1670. The maximum atomic E-state index is 12.6. The highest BCUT2D eigenvalue weighted by Gasteiger charge is 2.24. The number of amides is 6. The van der Waals surface area contributed by atoms with Crippen LogP contribution in [0.15, 0.2) is 0 Å². The Balaban J connectivity index is 3.90. The number of Topliss-reactive ketones (excluding diaryl/α,β-unsaturated/α-hetero) is 1. The molecule has 0 radical (unpaired) electrons. The van der Waals surface area contributed by atoms with Crippen molar-refractivity contribution in [2.45, 2.75) is 198 Å². The summed E-state index contributed by atoms with van der Waals surface area (Å²) < 4.78 is 21.3. The Morgan fingerprint density at radius 1 is 0.364 bits per heavy atom. The van der Waals surface area contributed by atoms with Crippen molar-refractivity contribution in [2.75, 3.05) is 79.0 Å². The van der Waals surface area contributed by atoms with Crippen molar-refractivity contribution < 1.29 is 82.2 Å². The van der Waals surface area contributed by atoms with E-state index in [2.05, 4.69) is 31.9 Å². The number of carbonyl (C=O) groups is 10. The Morgan fingerprint density at radius 2 is 0.714 bits per heavy atom. The van der Waals surface area contributed by atoms with Crippen molar-refractivity contribution in [2.24, 2.45) is 5.73 Å². The molecule has 0 saturated heterocycles. The minimum Gasteiger partial charge on any atom is -0.481 e. The zero-order chi connectivity index (χ0) is 57.2. The van der Waals surface area contributed by atoms with E-state index in [1.54, 1.807) is 0 Å². The van der Waals surface area contributed by atoms with Crippen LogP contribution in [0.4, 0.5) is 0 Å². The van der Waals surface area contributed by atoms with Crippen molar-refractivity contribution >= 4 is 59.1 Å². The third kappa shape index (κ3) is 48.8. The predicted octanol–water partition coefficient (Wildman–Crippen LogP) is 3.19. The molecule has 0 aromatic carbocycles. The molecule has 0 aromatic rings. The Morgan fingerprint density at radius 3 is 1.17 bits per heavy atom. The standard InChI is InChI=1S/C53H95N7O17/c1-41(61)42(54)21-18-19-29-56-49(66)39-76-37-36-75-34-32-58-50(67)40-77-38-35-74-33-31-57-45(62)23-20-30-55-46(63)27-25-43(52(70)71)60-48(65)28-26-44(53(72)73)59-47(64)22-16-14-12-10-8-6-4-2-3-5-7-9-11-13-15-17-24-51(68)69/h42-44H,2-40,54H2,1H3,(H,55,63)(H,56,66)(H,57,62)(H,58,67)(H,59,64)(H,60,65)(H,68,69)(H,70,71)(H,72,73)/t42?,43-,44?/m0/s1. The van der Waals surface area contributed by atoms with Crippen LogP contribution in [0, 0.1) is 0 Å². The molecule has 0 bridgehead atoms. The second-order valence-corrected chi connectivity index (χ2v) is 19.1. The minimum atomic E-state index is -1.40. The van der Waals surface area contributed by atoms with Crippen LogP contribution in [0.25, 0.3) is 0 Å². The summed E-state index contributed by atoms with van der Waals surface area (Å²) in [4.78, 5) is 119. The van der Waals surface area contributed by atoms with Gasteiger partial charge >= 0.3 is 17.9 Å². The number of carboxylic acid groups (broad SMARTS) is 3. The molecule has 2 unspecified atom stereocenters. The number of carbonyl (C=O) groups excluding carboxylic acids is 7. The minimum absolute atomic E-state index is 0.0540. The smallest absolute Gasteiger partial charge is 0.326 e. The summed E-state index contributed by atoms with van der Waals surface area (Å²) in [7, 11) is 0. The number of aliphatic carboxylic acids is 3. The molecule has 0 rings (SSSR count). The lowest BCUT2D eigenvalue weighted by Crippen LogP contribution is -2.44. The molecule has 24 heteroatoms. The lowest BCUT2D eigenvalue weighted by Gasteiger charge is -2.17. The molecule has 3 atom stereocenters. The number of unbranched alkanes of at least 4 members (excludes halogenated alkanes) is 16. The van der Waals surface area contributed by atoms with Crippen LogP contribution in [-0.4, -0.2) is 172 Å². The summed E-state index contributed by atoms with van der Waals surface area (Å²) >= 11 is 0. The number of carboxylic acids is 3. The Hall–Kier alpha value is -5.30. The summed E-state index contributed by atoms with van der Waals surface area (Å²) in [6.45, 7) is 3.51. The highest BCUT2D eigenvalue weighted by atomic mass is 16.5. The third-order valence-electron chi connectivity index (χ3n) is 12.2. The van der Waals surface area contributed by atoms with Gasteiger partial charge in [-0.05, 0) is 58.3 Å². The Labute approximate surface area is 455 Å². The molecule has 77 heavy (non-hydrogen) atoms. The summed E-state index contributed by atoms with van der Waals surface area (Å²) in [5.74, 6) is -5.96. The first-order valence-electron chi connectivity index (χ1n) is 27.9. The van der Waals surface area contributed by atoms with E-state index in [0.29, 0.717) is 32.2 Å². The van der Waals surface area contributed by atoms with Crippen LogP contribution in [-0.2, 0) is 66.9 Å². The van der Waals surface area contributed by atoms with Crippen molar-refractivity contribution in [3.05, 3.63) is 0 Å². The molecule has 0 aliphatic heterocycles. The van der Waals surface area contributed by atoms with Crippen LogP contribution in [0.5, 0.6) is 0 Å². The summed E-state index contributed by atoms with van der Waals surface area (Å²) in [6, 6.07) is -3.19. The summed E-state index contributed by atoms with van der Waals surface area (Å²) in [5.41, 5.74) is 5.67. The number of nitrogens with two attached hydrogens (primary N) is 1. The van der Waals surface area contributed by atoms with Gasteiger partial charge in [-0.25, -0.2) is 9.59 Å². The Kier molecular flexibility index (Phi) is 46.8. The monoisotopic (exact) mass is 1100 g/mol. The van der Waals surface area contributed by atoms with Gasteiger partial charge in [0, 0.05) is 58.3 Å². The molecule has 0 aliphatic rings. The molecular weight excluding hydrogens is 1010 g/mol. The molecule has 0 saturated carbocycles. The van der Waals surface area contributed by atoms with Crippen molar-refractivity contribution in [3.63, 3.8) is 0 Å². The van der Waals surface area contributed by atoms with Crippen LogP contribution in [0.2, 0.25) is 0 Å². The molecule has 24 nitrogen and oxygen atoms in total. The van der Waals surface area contributed by atoms with Crippen LogP contribution < -0.4 is 37.6 Å². The van der Waals surface area contributed by atoms with Gasteiger partial charge in [-0.2, -0.15) is 0 Å². The fourth-order valence-corrected chi connectivity index (χ4v) is 7.61. The van der Waals surface area contributed by atoms with Gasteiger partial charge in [-0.15, -0.1) is 0 Å². The normalized spacial score (nSPS) is 12.2. The SMILES string of the molecule is CC(=O)C(N)CCCCNC(=O)COCCOCCNC(=O)COCCOCCNC(=O)CCCNC(=O)CC[C@H](NC(=O)CCC(NC(=O)CCCCCCCCCCCCCCCCCCC(=O)O)C(=O)O)C(=O)O. The zero-order valence-electron chi connectivity index (χ0n) is 45.9. The first kappa shape index (κ1) is 71.7. The van der Waals surface area contributed by atoms with Crippen LogP contribution >= 0.6 is 0 Å². The molecule has 444 valence electrons. The van der Waals surface area contributed by atoms with E-state index in [1.807, 2.05) is 0 Å². The third-order valence-corrected chi connectivity index (χ3v) is 12.2. The highest BCUT2D eigenvalue weighted by Crippen LogP contribution is 2.15. The topological polar surface area (TPSA) is 367 Å². The number of hydrogen-bond acceptors (Lipinski definition) is 15. The quantitative estimate of drug-likeness (QED) is 0.0391. The van der Waals surface area contributed by atoms with Crippen LogP contribution in [0.3, 0.4) is 0 Å². The van der Waals surface area contributed by atoms with Crippen molar-refractivity contribution in [1.82, 2.24) is 31.9 Å². The van der Waals surface area contributed by atoms with Gasteiger partial charge < -0.3 is 71.9 Å². The molecule has 6 amide bonds. The van der Waals surface area contributed by atoms with Gasteiger partial charge in [0.05, 0.1) is 45.7 Å². The molecule has 0 aliphatic carbocycles. The summed E-state index contributed by atoms with van der Waals surface area (Å²) in [6.07, 6.45) is 19.0. The van der Waals surface area contributed by atoms with Gasteiger partial charge in [0.25, 0.3) is 0 Å². The van der Waals surface area contributed by atoms with Gasteiger partial charge in [-0.3, -0.25) is 38.4 Å². The fourth-order valence-electron chi connectivity index (χ4n) is 7.61. The molecule has 11 N–H and O–H groups in total. The van der Waals surface area contributed by atoms with Gasteiger partial charge in [-0.1, -0.05) is 89.9 Å². The van der Waals surface area contributed by atoms with Gasteiger partial charge in [0.1, 0.15) is 31.1 Å². The first-order valence-corrected chi connectivity index (χ1v) is 27.9. The number of rotatable bonds is 55. The number of ketones is 1. The van der Waals surface area contributed by atoms with E-state index >= 15 is 0 Å². The van der Waals surface area contributed by atoms with E-state index < -0.39 is 53.8 Å². The van der Waals surface area contributed by atoms with E-state index in [9.17, 15) is 58.2 Å². The fraction of sp³-hybridized carbons (Fsp3) is 0.811. The lowest BCUT2D eigenvalue weighted by atomic mass is 10.0. The molecule has 0 aromatic heterocycles. The maximum absolute atomic E-state index is 12.6. The second kappa shape index (κ2) is 50.2. The van der Waals surface area contributed by atoms with Gasteiger partial charge in [0.2, 0.25) is 35.4 Å². The second-order valence-electron chi connectivity index (χ2n) is 19.1. The average molecular weight is 1100 g/mol. The van der Waals surface area contributed by atoms with E-state index in [-0.39, 0.29) is 141 Å². The molecule has 0 fully saturated rings. The largest absolute Gasteiger partial charge is 0.481 e. The highest BCUT2D eigenvalue weighted by molar-refractivity contribution is 5.86. The molecule has 0 spiro atoms. The average Bonchev–Trinajstić information content (AvgIpc) is 3.38. The number of ether oxygens (including phenoxy) is 4. The van der Waals surface area contributed by atoms with Crippen LogP contribution in [0.1, 0.15) is 180 Å². The van der Waals surface area contributed by atoms with E-state index in [1.165, 1.54) is 58.3 Å². The number of nitrogens with one attached hydrogen (secondary N) is 6. The molecular formula is C53H95N7O17. The predicted molar refractivity (Wildman–Crippen MR) is 285 cm³/mol.